The van der Waals surface area contributed by atoms with Gasteiger partial charge >= 0.3 is 6.18 Å². The maximum Gasteiger partial charge on any atom is 0.416 e. The molecule has 1 saturated heterocycles. The maximum atomic E-state index is 12.6. The number of benzene rings is 1. The molecule has 1 aromatic rings. The Morgan fingerprint density at radius 3 is 2.71 bits per heavy atom. The average molecular weight is 261 g/mol. The van der Waals surface area contributed by atoms with E-state index in [0.29, 0.717) is 5.56 Å². The second-order valence-corrected chi connectivity index (χ2v) is 5.55. The third-order valence-electron chi connectivity index (χ3n) is 2.96. The van der Waals surface area contributed by atoms with Gasteiger partial charge in [0.1, 0.15) is 0 Å². The highest BCUT2D eigenvalue weighted by Crippen LogP contribution is 2.36. The number of hydrogen-bond acceptors (Lipinski definition) is 2. The van der Waals surface area contributed by atoms with Crippen LogP contribution >= 0.6 is 11.8 Å². The van der Waals surface area contributed by atoms with Crippen LogP contribution in [0.5, 0.6) is 0 Å². The van der Waals surface area contributed by atoms with Gasteiger partial charge in [-0.1, -0.05) is 12.1 Å². The molecule has 2 unspecified atom stereocenters. The minimum absolute atomic E-state index is 0.249. The number of rotatable bonds is 2. The Morgan fingerprint density at radius 2 is 2.12 bits per heavy atom. The summed E-state index contributed by atoms with van der Waals surface area (Å²) >= 11 is 1.75. The molecule has 0 saturated carbocycles. The van der Waals surface area contributed by atoms with E-state index in [-0.39, 0.29) is 11.3 Å². The van der Waals surface area contributed by atoms with Crippen LogP contribution in [0.25, 0.3) is 0 Å². The fourth-order valence-electron chi connectivity index (χ4n) is 2.02. The predicted molar refractivity (Wildman–Crippen MR) is 63.9 cm³/mol. The minimum Gasteiger partial charge on any atom is -0.323 e. The molecule has 0 amide bonds. The van der Waals surface area contributed by atoms with Gasteiger partial charge in [-0.05, 0) is 36.3 Å². The highest BCUT2D eigenvalue weighted by molar-refractivity contribution is 8.00. The Hall–Kier alpha value is -0.680. The van der Waals surface area contributed by atoms with E-state index in [9.17, 15) is 13.2 Å². The van der Waals surface area contributed by atoms with Crippen LogP contribution in [0.15, 0.2) is 24.3 Å². The van der Waals surface area contributed by atoms with E-state index in [0.717, 1.165) is 24.7 Å². The molecule has 1 nitrogen and oxygen atoms in total. The van der Waals surface area contributed by atoms with Crippen LogP contribution in [0.1, 0.15) is 30.0 Å². The summed E-state index contributed by atoms with van der Waals surface area (Å²) in [6.07, 6.45) is -2.21. The van der Waals surface area contributed by atoms with Crippen LogP contribution < -0.4 is 5.73 Å². The lowest BCUT2D eigenvalue weighted by Crippen LogP contribution is -2.22. The monoisotopic (exact) mass is 261 g/mol. The normalized spacial score (nSPS) is 22.7. The van der Waals surface area contributed by atoms with E-state index in [2.05, 4.69) is 0 Å². The summed E-state index contributed by atoms with van der Waals surface area (Å²) in [5, 5.41) is 0.249. The van der Waals surface area contributed by atoms with Crippen LogP contribution in [0.2, 0.25) is 0 Å². The van der Waals surface area contributed by atoms with Crippen molar-refractivity contribution < 1.29 is 13.2 Å². The molecule has 5 heteroatoms. The second kappa shape index (κ2) is 4.90. The van der Waals surface area contributed by atoms with Crippen molar-refractivity contribution in [1.82, 2.24) is 0 Å². The van der Waals surface area contributed by atoms with Gasteiger partial charge < -0.3 is 5.73 Å². The average Bonchev–Trinajstić information content (AvgIpc) is 2.80. The molecule has 17 heavy (non-hydrogen) atoms. The number of thioether (sulfide) groups is 1. The third kappa shape index (κ3) is 2.96. The number of hydrogen-bond donors (Lipinski definition) is 1. The van der Waals surface area contributed by atoms with Crippen molar-refractivity contribution in [1.29, 1.82) is 0 Å². The summed E-state index contributed by atoms with van der Waals surface area (Å²) in [7, 11) is 0. The number of halogens is 3. The van der Waals surface area contributed by atoms with Crippen molar-refractivity contribution >= 4 is 11.8 Å². The third-order valence-corrected chi connectivity index (χ3v) is 4.45. The van der Waals surface area contributed by atoms with Crippen molar-refractivity contribution in [2.45, 2.75) is 30.3 Å². The van der Waals surface area contributed by atoms with Gasteiger partial charge in [0, 0.05) is 11.3 Å². The van der Waals surface area contributed by atoms with E-state index < -0.39 is 11.7 Å². The van der Waals surface area contributed by atoms with Crippen molar-refractivity contribution in [2.75, 3.05) is 5.75 Å². The predicted octanol–water partition coefficient (Wildman–Crippen LogP) is 3.60. The largest absolute Gasteiger partial charge is 0.416 e. The van der Waals surface area contributed by atoms with Crippen LogP contribution in [0.4, 0.5) is 13.2 Å². The first-order valence-corrected chi connectivity index (χ1v) is 6.58. The Kier molecular flexibility index (Phi) is 3.68. The molecule has 2 N–H and O–H groups in total. The molecule has 0 bridgehead atoms. The van der Waals surface area contributed by atoms with Crippen molar-refractivity contribution in [3.8, 4) is 0 Å². The summed E-state index contributed by atoms with van der Waals surface area (Å²) in [5.74, 6) is 1.05. The molecule has 1 aliphatic heterocycles. The Balaban J connectivity index is 2.20. The molecule has 94 valence electrons. The first-order chi connectivity index (χ1) is 7.98. The van der Waals surface area contributed by atoms with Gasteiger partial charge in [0.25, 0.3) is 0 Å². The molecule has 0 radical (unpaired) electrons. The Bertz CT molecular complexity index is 386. The summed E-state index contributed by atoms with van der Waals surface area (Å²) < 4.78 is 37.7. The fourth-order valence-corrected chi connectivity index (χ4v) is 3.36. The molecule has 1 aromatic carbocycles. The minimum atomic E-state index is -4.29. The molecule has 0 aliphatic carbocycles. The number of alkyl halides is 3. The smallest absolute Gasteiger partial charge is 0.323 e. The SMILES string of the molecule is NC(c1cccc(C(F)(F)F)c1)C1CCCS1. The van der Waals surface area contributed by atoms with Crippen LogP contribution in [-0.4, -0.2) is 11.0 Å². The van der Waals surface area contributed by atoms with Gasteiger partial charge in [-0.3, -0.25) is 0 Å². The van der Waals surface area contributed by atoms with Gasteiger partial charge in [0.15, 0.2) is 0 Å². The van der Waals surface area contributed by atoms with E-state index in [1.54, 1.807) is 17.8 Å². The zero-order valence-corrected chi connectivity index (χ0v) is 10.0. The lowest BCUT2D eigenvalue weighted by Gasteiger charge is -2.19. The lowest BCUT2D eigenvalue weighted by atomic mass is 9.99. The molecule has 1 fully saturated rings. The quantitative estimate of drug-likeness (QED) is 0.880. The van der Waals surface area contributed by atoms with Gasteiger partial charge in [-0.25, -0.2) is 0 Å². The van der Waals surface area contributed by atoms with Gasteiger partial charge in [-0.2, -0.15) is 24.9 Å². The first-order valence-electron chi connectivity index (χ1n) is 5.53. The van der Waals surface area contributed by atoms with Gasteiger partial charge in [0.05, 0.1) is 5.56 Å². The summed E-state index contributed by atoms with van der Waals surface area (Å²) in [6, 6.07) is 5.06. The molecule has 2 rings (SSSR count). The molecule has 1 heterocycles. The first kappa shape index (κ1) is 12.8. The molecule has 2 atom stereocenters. The van der Waals surface area contributed by atoms with Crippen molar-refractivity contribution in [2.24, 2.45) is 5.73 Å². The topological polar surface area (TPSA) is 26.0 Å². The van der Waals surface area contributed by atoms with Crippen LogP contribution in [0, 0.1) is 0 Å². The fraction of sp³-hybridized carbons (Fsp3) is 0.500. The highest BCUT2D eigenvalue weighted by Gasteiger charge is 2.31. The summed E-state index contributed by atoms with van der Waals surface area (Å²) in [6.45, 7) is 0. The van der Waals surface area contributed by atoms with Crippen molar-refractivity contribution in [3.63, 3.8) is 0 Å². The van der Waals surface area contributed by atoms with E-state index in [1.165, 1.54) is 12.1 Å². The van der Waals surface area contributed by atoms with Crippen molar-refractivity contribution in [3.05, 3.63) is 35.4 Å². The number of nitrogens with two attached hydrogens (primary N) is 1. The molecular weight excluding hydrogens is 247 g/mol. The van der Waals surface area contributed by atoms with Crippen LogP contribution in [-0.2, 0) is 6.18 Å². The zero-order valence-electron chi connectivity index (χ0n) is 9.20. The maximum absolute atomic E-state index is 12.6. The molecular formula is C12H14F3NS. The molecule has 0 spiro atoms. The standard InChI is InChI=1S/C12H14F3NS/c13-12(14,15)9-4-1-3-8(7-9)11(16)10-5-2-6-17-10/h1,3-4,7,10-11H,2,5-6,16H2. The van der Waals surface area contributed by atoms with E-state index >= 15 is 0 Å². The second-order valence-electron chi connectivity index (χ2n) is 4.20. The highest BCUT2D eigenvalue weighted by atomic mass is 32.2. The molecule has 0 aromatic heterocycles. The van der Waals surface area contributed by atoms with Crippen LogP contribution in [0.3, 0.4) is 0 Å². The van der Waals surface area contributed by atoms with Gasteiger partial charge in [-0.15, -0.1) is 0 Å². The lowest BCUT2D eigenvalue weighted by molar-refractivity contribution is -0.137. The molecule has 1 aliphatic rings. The van der Waals surface area contributed by atoms with E-state index in [1.807, 2.05) is 0 Å². The summed E-state index contributed by atoms with van der Waals surface area (Å²) in [4.78, 5) is 0. The Labute approximate surface area is 103 Å². The Morgan fingerprint density at radius 1 is 1.35 bits per heavy atom. The van der Waals surface area contributed by atoms with Gasteiger partial charge in [0.2, 0.25) is 0 Å². The zero-order chi connectivity index (χ0) is 12.5. The van der Waals surface area contributed by atoms with E-state index in [4.69, 9.17) is 5.73 Å². The summed E-state index contributed by atoms with van der Waals surface area (Å²) in [5.41, 5.74) is 5.99.